The number of aryl methyl sites for hydroxylation is 1. The molecule has 0 bridgehead atoms. The highest BCUT2D eigenvalue weighted by Gasteiger charge is 2.24. The van der Waals surface area contributed by atoms with Crippen LogP contribution in [0.3, 0.4) is 0 Å². The molecule has 2 aromatic carbocycles. The fourth-order valence-corrected chi connectivity index (χ4v) is 2.62. The van der Waals surface area contributed by atoms with E-state index in [2.05, 4.69) is 20.6 Å². The normalized spacial score (nSPS) is 10.4. The summed E-state index contributed by atoms with van der Waals surface area (Å²) < 4.78 is 0. The summed E-state index contributed by atoms with van der Waals surface area (Å²) in [6.45, 7) is 3.91. The number of halogens is 1. The summed E-state index contributed by atoms with van der Waals surface area (Å²) in [6, 6.07) is 12.6. The van der Waals surface area contributed by atoms with Gasteiger partial charge in [0.05, 0.1) is 15.6 Å². The molecule has 0 spiro atoms. The first kappa shape index (κ1) is 17.6. The number of nitrogens with zero attached hydrogens (tertiary/aromatic N) is 3. The summed E-state index contributed by atoms with van der Waals surface area (Å²) in [5.41, 5.74) is 3.07. The van der Waals surface area contributed by atoms with Crippen molar-refractivity contribution in [1.29, 1.82) is 0 Å². The van der Waals surface area contributed by atoms with Crippen LogP contribution in [0.1, 0.15) is 11.1 Å². The Kier molecular flexibility index (Phi) is 4.99. The molecule has 3 rings (SSSR count). The Morgan fingerprint density at radius 2 is 1.58 bits per heavy atom. The molecule has 0 aliphatic carbocycles. The van der Waals surface area contributed by atoms with Crippen molar-refractivity contribution >= 4 is 40.3 Å². The predicted octanol–water partition coefficient (Wildman–Crippen LogP) is 5.14. The molecular formula is C18H16ClN5O2. The number of anilines is 4. The third kappa shape index (κ3) is 3.57. The molecule has 0 atom stereocenters. The largest absolute Gasteiger partial charge is 0.353 e. The maximum absolute atomic E-state index is 11.7. The van der Waals surface area contributed by atoms with Gasteiger partial charge in [-0.05, 0) is 43.2 Å². The number of para-hydroxylation sites is 1. The van der Waals surface area contributed by atoms with Gasteiger partial charge in [-0.1, -0.05) is 35.9 Å². The van der Waals surface area contributed by atoms with Crippen LogP contribution in [0.2, 0.25) is 5.02 Å². The fraction of sp³-hybridized carbons (Fsp3) is 0.111. The van der Waals surface area contributed by atoms with Crippen molar-refractivity contribution in [1.82, 2.24) is 9.97 Å². The van der Waals surface area contributed by atoms with Crippen LogP contribution in [0.25, 0.3) is 0 Å². The number of hydrogen-bond acceptors (Lipinski definition) is 6. The summed E-state index contributed by atoms with van der Waals surface area (Å²) in [7, 11) is 0. The Balaban J connectivity index is 2.03. The van der Waals surface area contributed by atoms with Crippen LogP contribution < -0.4 is 10.6 Å². The molecule has 3 aromatic rings. The molecule has 8 heteroatoms. The average molecular weight is 370 g/mol. The lowest BCUT2D eigenvalue weighted by Gasteiger charge is -2.13. The van der Waals surface area contributed by atoms with E-state index < -0.39 is 4.92 Å². The molecule has 0 fully saturated rings. The summed E-state index contributed by atoms with van der Waals surface area (Å²) in [4.78, 5) is 19.2. The Morgan fingerprint density at radius 3 is 2.23 bits per heavy atom. The zero-order valence-corrected chi connectivity index (χ0v) is 14.9. The Labute approximate surface area is 155 Å². The quantitative estimate of drug-likeness (QED) is 0.477. The molecule has 0 radical (unpaired) electrons. The van der Waals surface area contributed by atoms with Crippen molar-refractivity contribution in [2.45, 2.75) is 13.8 Å². The molecule has 0 aliphatic rings. The number of aromatic nitrogens is 2. The summed E-state index contributed by atoms with van der Waals surface area (Å²) >= 11 is 6.12. The molecule has 0 aliphatic heterocycles. The topological polar surface area (TPSA) is 93.0 Å². The lowest BCUT2D eigenvalue weighted by molar-refractivity contribution is -0.383. The maximum atomic E-state index is 11.7. The number of hydrogen-bond donors (Lipinski definition) is 2. The molecule has 0 saturated heterocycles. The monoisotopic (exact) mass is 369 g/mol. The second-order valence-corrected chi connectivity index (χ2v) is 6.06. The van der Waals surface area contributed by atoms with E-state index in [1.54, 1.807) is 24.3 Å². The highest BCUT2D eigenvalue weighted by molar-refractivity contribution is 6.33. The Hall–Kier alpha value is -3.19. The molecule has 1 heterocycles. The van der Waals surface area contributed by atoms with Crippen LogP contribution in [-0.4, -0.2) is 14.9 Å². The number of benzene rings is 2. The van der Waals surface area contributed by atoms with Crippen LogP contribution in [-0.2, 0) is 0 Å². The Morgan fingerprint density at radius 1 is 0.962 bits per heavy atom. The predicted molar refractivity (Wildman–Crippen MR) is 103 cm³/mol. The molecule has 1 aromatic heterocycles. The SMILES string of the molecule is Cc1cccc(Nc2ncnc(Nc3ccccc3Cl)c2[N+](=O)[O-])c1C. The van der Waals surface area contributed by atoms with Crippen molar-refractivity contribution in [3.8, 4) is 0 Å². The van der Waals surface area contributed by atoms with Gasteiger partial charge >= 0.3 is 5.69 Å². The number of rotatable bonds is 5. The van der Waals surface area contributed by atoms with Crippen molar-refractivity contribution in [3.63, 3.8) is 0 Å². The third-order valence-corrected chi connectivity index (χ3v) is 4.32. The number of nitrogens with one attached hydrogen (secondary N) is 2. The van der Waals surface area contributed by atoms with Crippen LogP contribution in [0.4, 0.5) is 28.7 Å². The lowest BCUT2D eigenvalue weighted by Crippen LogP contribution is -2.06. The van der Waals surface area contributed by atoms with E-state index in [0.29, 0.717) is 10.7 Å². The van der Waals surface area contributed by atoms with Gasteiger partial charge in [0.25, 0.3) is 0 Å². The van der Waals surface area contributed by atoms with E-state index in [1.165, 1.54) is 6.33 Å². The van der Waals surface area contributed by atoms with Gasteiger partial charge in [-0.25, -0.2) is 9.97 Å². The van der Waals surface area contributed by atoms with E-state index in [9.17, 15) is 10.1 Å². The molecule has 132 valence electrons. The van der Waals surface area contributed by atoms with Gasteiger partial charge < -0.3 is 10.6 Å². The minimum absolute atomic E-state index is 0.0610. The Bertz CT molecular complexity index is 978. The highest BCUT2D eigenvalue weighted by Crippen LogP contribution is 2.35. The molecule has 7 nitrogen and oxygen atoms in total. The molecule has 0 amide bonds. The van der Waals surface area contributed by atoms with Crippen molar-refractivity contribution in [3.05, 3.63) is 75.1 Å². The standard InChI is InChI=1S/C18H16ClN5O2/c1-11-6-5-9-14(12(11)2)22-17-16(24(25)26)18(21-10-20-17)23-15-8-4-3-7-13(15)19/h3-10H,1-2H3,(H2,20,21,22,23). The van der Waals surface area contributed by atoms with Gasteiger partial charge in [-0.3, -0.25) is 10.1 Å². The highest BCUT2D eigenvalue weighted by atomic mass is 35.5. The van der Waals surface area contributed by atoms with Crippen LogP contribution in [0, 0.1) is 24.0 Å². The maximum Gasteiger partial charge on any atom is 0.353 e. The van der Waals surface area contributed by atoms with Crippen LogP contribution in [0.15, 0.2) is 48.8 Å². The van der Waals surface area contributed by atoms with Gasteiger partial charge in [-0.15, -0.1) is 0 Å². The minimum Gasteiger partial charge on any atom is -0.334 e. The van der Waals surface area contributed by atoms with E-state index in [1.807, 2.05) is 32.0 Å². The number of nitro groups is 1. The van der Waals surface area contributed by atoms with Crippen molar-refractivity contribution in [2.24, 2.45) is 0 Å². The molecule has 26 heavy (non-hydrogen) atoms. The van der Waals surface area contributed by atoms with Crippen molar-refractivity contribution < 1.29 is 4.92 Å². The lowest BCUT2D eigenvalue weighted by atomic mass is 10.1. The van der Waals surface area contributed by atoms with Crippen LogP contribution >= 0.6 is 11.6 Å². The van der Waals surface area contributed by atoms with Crippen molar-refractivity contribution in [2.75, 3.05) is 10.6 Å². The smallest absolute Gasteiger partial charge is 0.334 e. The third-order valence-electron chi connectivity index (χ3n) is 3.99. The van der Waals surface area contributed by atoms with E-state index >= 15 is 0 Å². The van der Waals surface area contributed by atoms with Gasteiger partial charge in [-0.2, -0.15) is 0 Å². The summed E-state index contributed by atoms with van der Waals surface area (Å²) in [5.74, 6) is 0.166. The molecule has 0 unspecified atom stereocenters. The molecular weight excluding hydrogens is 354 g/mol. The summed E-state index contributed by atoms with van der Waals surface area (Å²) in [5, 5.41) is 18.1. The van der Waals surface area contributed by atoms with E-state index in [0.717, 1.165) is 16.8 Å². The first-order valence-electron chi connectivity index (χ1n) is 7.81. The zero-order chi connectivity index (χ0) is 18.7. The fourth-order valence-electron chi connectivity index (χ4n) is 2.44. The second kappa shape index (κ2) is 7.37. The van der Waals surface area contributed by atoms with Gasteiger partial charge in [0.15, 0.2) is 0 Å². The molecule has 2 N–H and O–H groups in total. The second-order valence-electron chi connectivity index (χ2n) is 5.65. The summed E-state index contributed by atoms with van der Waals surface area (Å²) in [6.07, 6.45) is 1.26. The molecule has 0 saturated carbocycles. The van der Waals surface area contributed by atoms with Gasteiger partial charge in [0.1, 0.15) is 6.33 Å². The first-order chi connectivity index (χ1) is 12.5. The van der Waals surface area contributed by atoms with E-state index in [-0.39, 0.29) is 17.3 Å². The minimum atomic E-state index is -0.521. The van der Waals surface area contributed by atoms with Gasteiger partial charge in [0.2, 0.25) is 11.6 Å². The van der Waals surface area contributed by atoms with E-state index in [4.69, 9.17) is 11.6 Å². The zero-order valence-electron chi connectivity index (χ0n) is 14.2. The van der Waals surface area contributed by atoms with Crippen LogP contribution in [0.5, 0.6) is 0 Å². The van der Waals surface area contributed by atoms with Gasteiger partial charge in [0, 0.05) is 5.69 Å². The average Bonchev–Trinajstić information content (AvgIpc) is 2.61. The first-order valence-corrected chi connectivity index (χ1v) is 8.19.